The fraction of sp³-hybridized carbons (Fsp3) is 0.455. The largest absolute Gasteiger partial charge is 0.481 e. The number of halogens is 4. The molecule has 1 aliphatic rings. The number of ether oxygens (including phenoxy) is 1. The molecule has 1 heterocycles. The molecule has 11 heteroatoms. The van der Waals surface area contributed by atoms with Crippen LogP contribution >= 0.6 is 0 Å². The van der Waals surface area contributed by atoms with Gasteiger partial charge in [-0.3, -0.25) is 9.69 Å². The van der Waals surface area contributed by atoms with Crippen LogP contribution in [0.1, 0.15) is 44.3 Å². The highest BCUT2D eigenvalue weighted by Gasteiger charge is 2.61. The molecule has 1 aromatic carbocycles. The van der Waals surface area contributed by atoms with E-state index in [1.165, 1.54) is 19.1 Å². The lowest BCUT2D eigenvalue weighted by Gasteiger charge is -2.32. The van der Waals surface area contributed by atoms with Crippen molar-refractivity contribution in [3.05, 3.63) is 53.4 Å². The van der Waals surface area contributed by atoms with Crippen LogP contribution in [0.15, 0.2) is 30.5 Å². The van der Waals surface area contributed by atoms with Gasteiger partial charge in [0.05, 0.1) is 17.8 Å². The van der Waals surface area contributed by atoms with Crippen LogP contribution in [0.3, 0.4) is 0 Å². The first-order valence-corrected chi connectivity index (χ1v) is 10.0. The Morgan fingerprint density at radius 1 is 1.27 bits per heavy atom. The molecule has 1 fully saturated rings. The van der Waals surface area contributed by atoms with E-state index in [1.54, 1.807) is 20.8 Å². The number of carbonyl (C=O) groups is 2. The van der Waals surface area contributed by atoms with Crippen molar-refractivity contribution < 1.29 is 37.0 Å². The molecule has 33 heavy (non-hydrogen) atoms. The lowest BCUT2D eigenvalue weighted by atomic mass is 9.92. The second-order valence-corrected chi connectivity index (χ2v) is 8.98. The quantitative estimate of drug-likeness (QED) is 0.637. The van der Waals surface area contributed by atoms with Gasteiger partial charge in [-0.1, -0.05) is 12.1 Å². The molecule has 0 saturated heterocycles. The minimum atomic E-state index is -4.93. The van der Waals surface area contributed by atoms with E-state index in [9.17, 15) is 32.3 Å². The topological polar surface area (TPSA) is 92.6 Å². The lowest BCUT2D eigenvalue weighted by Crippen LogP contribution is -2.43. The number of rotatable bonds is 5. The van der Waals surface area contributed by atoms with Crippen LogP contribution in [-0.2, 0) is 21.1 Å². The van der Waals surface area contributed by atoms with Gasteiger partial charge < -0.3 is 9.84 Å². The van der Waals surface area contributed by atoms with E-state index in [4.69, 9.17) is 4.74 Å². The molecule has 1 aliphatic carbocycles. The molecule has 0 unspecified atom stereocenters. The number of benzene rings is 1. The van der Waals surface area contributed by atoms with Crippen molar-refractivity contribution in [1.82, 2.24) is 9.97 Å². The van der Waals surface area contributed by atoms with Crippen molar-refractivity contribution in [3.8, 4) is 0 Å². The van der Waals surface area contributed by atoms with Crippen molar-refractivity contribution in [3.63, 3.8) is 0 Å². The van der Waals surface area contributed by atoms with Crippen LogP contribution in [0, 0.1) is 18.7 Å². The molecule has 178 valence electrons. The van der Waals surface area contributed by atoms with Crippen LogP contribution < -0.4 is 4.90 Å². The Morgan fingerprint density at radius 3 is 2.45 bits per heavy atom. The summed E-state index contributed by atoms with van der Waals surface area (Å²) < 4.78 is 60.7. The normalized spacial score (nSPS) is 20.3. The average molecular weight is 469 g/mol. The number of hydrogen-bond donors (Lipinski definition) is 1. The van der Waals surface area contributed by atoms with Crippen LogP contribution in [0.5, 0.6) is 0 Å². The van der Waals surface area contributed by atoms with E-state index in [1.807, 2.05) is 0 Å². The van der Waals surface area contributed by atoms with Crippen LogP contribution in [0.4, 0.5) is 28.0 Å². The molecular formula is C22H23F4N3O4. The van der Waals surface area contributed by atoms with Crippen molar-refractivity contribution in [2.45, 2.75) is 51.3 Å². The van der Waals surface area contributed by atoms with Gasteiger partial charge >= 0.3 is 18.2 Å². The second kappa shape index (κ2) is 8.27. The van der Waals surface area contributed by atoms with Gasteiger partial charge in [-0.25, -0.2) is 19.2 Å². The maximum atomic E-state index is 13.9. The summed E-state index contributed by atoms with van der Waals surface area (Å²) in [4.78, 5) is 32.8. The highest BCUT2D eigenvalue weighted by atomic mass is 19.4. The van der Waals surface area contributed by atoms with Gasteiger partial charge in [-0.2, -0.15) is 13.2 Å². The number of amides is 1. The van der Waals surface area contributed by atoms with Crippen LogP contribution in [0.2, 0.25) is 0 Å². The van der Waals surface area contributed by atoms with Gasteiger partial charge in [0.15, 0.2) is 5.69 Å². The number of aryl methyl sites for hydroxylation is 1. The van der Waals surface area contributed by atoms with Gasteiger partial charge in [-0.15, -0.1) is 0 Å². The monoisotopic (exact) mass is 469 g/mol. The molecule has 1 saturated carbocycles. The number of nitrogens with zero attached hydrogens (tertiary/aromatic N) is 3. The van der Waals surface area contributed by atoms with Crippen molar-refractivity contribution in [1.29, 1.82) is 0 Å². The third kappa shape index (κ3) is 5.23. The second-order valence-electron chi connectivity index (χ2n) is 8.98. The molecule has 0 spiro atoms. The van der Waals surface area contributed by atoms with E-state index >= 15 is 0 Å². The van der Waals surface area contributed by atoms with Crippen molar-refractivity contribution in [2.75, 3.05) is 11.4 Å². The number of anilines is 1. The zero-order chi connectivity index (χ0) is 24.8. The number of carboxylic acid groups (broad SMARTS) is 1. The van der Waals surface area contributed by atoms with Gasteiger partial charge in [-0.05, 0) is 51.8 Å². The van der Waals surface area contributed by atoms with Crippen molar-refractivity contribution >= 4 is 17.7 Å². The van der Waals surface area contributed by atoms with E-state index in [0.29, 0.717) is 4.90 Å². The third-order valence-electron chi connectivity index (χ3n) is 5.28. The van der Waals surface area contributed by atoms with Gasteiger partial charge in [0, 0.05) is 12.0 Å². The first-order chi connectivity index (χ1) is 15.1. The summed E-state index contributed by atoms with van der Waals surface area (Å²) in [5.41, 5.74) is -4.15. The molecule has 7 nitrogen and oxygen atoms in total. The summed E-state index contributed by atoms with van der Waals surface area (Å²) in [6.45, 7) is 5.39. The van der Waals surface area contributed by atoms with Crippen LogP contribution in [-0.4, -0.2) is 39.3 Å². The number of hydrogen-bond acceptors (Lipinski definition) is 5. The fourth-order valence-corrected chi connectivity index (χ4v) is 3.73. The molecule has 0 radical (unpaired) electrons. The number of alkyl halides is 3. The molecule has 2 atom stereocenters. The summed E-state index contributed by atoms with van der Waals surface area (Å²) in [6.07, 6.45) is -5.20. The number of carboxylic acids is 1. The Morgan fingerprint density at radius 2 is 1.94 bits per heavy atom. The van der Waals surface area contributed by atoms with Crippen LogP contribution in [0.25, 0.3) is 0 Å². The molecule has 0 aliphatic heterocycles. The lowest BCUT2D eigenvalue weighted by molar-refractivity contribution is -0.141. The number of carbonyl (C=O) groups excluding carboxylic acids is 1. The minimum absolute atomic E-state index is 0.000839. The highest BCUT2D eigenvalue weighted by molar-refractivity contribution is 5.90. The molecule has 3 rings (SSSR count). The van der Waals surface area contributed by atoms with Gasteiger partial charge in [0.2, 0.25) is 0 Å². The molecule has 1 amide bonds. The first kappa shape index (κ1) is 24.4. The summed E-state index contributed by atoms with van der Waals surface area (Å²) in [5, 5.41) is 9.62. The smallest absolute Gasteiger partial charge is 0.435 e. The zero-order valence-electron chi connectivity index (χ0n) is 18.4. The van der Waals surface area contributed by atoms with Gasteiger partial charge in [0.1, 0.15) is 17.2 Å². The first-order valence-electron chi connectivity index (χ1n) is 10.0. The molecule has 2 aromatic rings. The third-order valence-corrected chi connectivity index (χ3v) is 5.28. The van der Waals surface area contributed by atoms with E-state index in [0.717, 1.165) is 18.3 Å². The zero-order valence-corrected chi connectivity index (χ0v) is 18.4. The predicted molar refractivity (Wildman–Crippen MR) is 109 cm³/mol. The maximum absolute atomic E-state index is 13.9. The predicted octanol–water partition coefficient (Wildman–Crippen LogP) is 4.73. The Labute approximate surface area is 187 Å². The Kier molecular flexibility index (Phi) is 6.12. The average Bonchev–Trinajstić information content (AvgIpc) is 3.40. The molecular weight excluding hydrogens is 446 g/mol. The summed E-state index contributed by atoms with van der Waals surface area (Å²) in [5.74, 6) is -3.05. The molecule has 1 aromatic heterocycles. The summed E-state index contributed by atoms with van der Waals surface area (Å²) >= 11 is 0. The number of aromatic nitrogens is 2. The maximum Gasteiger partial charge on any atom is 0.435 e. The molecule has 1 N–H and O–H groups in total. The summed E-state index contributed by atoms with van der Waals surface area (Å²) in [7, 11) is 0. The fourth-order valence-electron chi connectivity index (χ4n) is 3.73. The van der Waals surface area contributed by atoms with E-state index in [2.05, 4.69) is 9.97 Å². The Balaban J connectivity index is 2.15. The van der Waals surface area contributed by atoms with Gasteiger partial charge in [0.25, 0.3) is 0 Å². The summed E-state index contributed by atoms with van der Waals surface area (Å²) in [6, 6.07) is 5.14. The number of aliphatic carboxylic acids is 1. The highest BCUT2D eigenvalue weighted by Crippen LogP contribution is 2.55. The molecule has 0 bridgehead atoms. The minimum Gasteiger partial charge on any atom is -0.481 e. The Bertz CT molecular complexity index is 1080. The standard InChI is InChI=1S/C22H23F4N3O4/c1-12-27-10-16(17(28-12)22(24,25)26)29(19(32)33-20(2,3)4)11-21(9-15(21)18(30)31)13-6-5-7-14(23)8-13/h5-8,10,15H,9,11H2,1-4H3,(H,30,31)/t15-,21+/m0/s1. The Hall–Kier alpha value is -3.24. The van der Waals surface area contributed by atoms with E-state index < -0.39 is 58.9 Å². The SMILES string of the molecule is Cc1ncc(N(C[C@@]2(c3cccc(F)c3)C[C@H]2C(=O)O)C(=O)OC(C)(C)C)c(C(F)(F)F)n1. The van der Waals surface area contributed by atoms with Crippen molar-refractivity contribution in [2.24, 2.45) is 5.92 Å². The van der Waals surface area contributed by atoms with E-state index in [-0.39, 0.29) is 17.8 Å².